The third kappa shape index (κ3) is 2.69. The van der Waals surface area contributed by atoms with Crippen LogP contribution in [0.1, 0.15) is 51.0 Å². The molecule has 1 aromatic carbocycles. The van der Waals surface area contributed by atoms with E-state index < -0.39 is 0 Å². The Labute approximate surface area is 127 Å². The maximum atomic E-state index is 6.80. The van der Waals surface area contributed by atoms with Gasteiger partial charge in [0.25, 0.3) is 0 Å². The second kappa shape index (κ2) is 5.62. The van der Waals surface area contributed by atoms with Crippen molar-refractivity contribution in [2.24, 2.45) is 11.7 Å². The van der Waals surface area contributed by atoms with E-state index in [0.717, 1.165) is 30.8 Å². The molecule has 3 rings (SSSR count). The Morgan fingerprint density at radius 1 is 1.29 bits per heavy atom. The second-order valence-electron chi connectivity index (χ2n) is 6.91. The molecule has 1 saturated heterocycles. The van der Waals surface area contributed by atoms with Gasteiger partial charge in [0.2, 0.25) is 0 Å². The first-order valence-corrected chi connectivity index (χ1v) is 8.14. The van der Waals surface area contributed by atoms with Gasteiger partial charge in [0.05, 0.1) is 12.7 Å². The van der Waals surface area contributed by atoms with E-state index in [0.29, 0.717) is 5.92 Å². The lowest BCUT2D eigenvalue weighted by Gasteiger charge is -2.45. The Kier molecular flexibility index (Phi) is 3.98. The fourth-order valence-electron chi connectivity index (χ4n) is 4.22. The van der Waals surface area contributed by atoms with Gasteiger partial charge in [-0.2, -0.15) is 0 Å². The first kappa shape index (κ1) is 14.9. The van der Waals surface area contributed by atoms with Crippen LogP contribution in [0.25, 0.3) is 0 Å². The van der Waals surface area contributed by atoms with Crippen LogP contribution < -0.4 is 10.5 Å². The van der Waals surface area contributed by atoms with Gasteiger partial charge >= 0.3 is 0 Å². The molecule has 1 aliphatic carbocycles. The molecule has 21 heavy (non-hydrogen) atoms. The van der Waals surface area contributed by atoms with Gasteiger partial charge < -0.3 is 15.2 Å². The van der Waals surface area contributed by atoms with Crippen molar-refractivity contribution in [3.8, 4) is 5.75 Å². The van der Waals surface area contributed by atoms with Crippen LogP contribution in [0.3, 0.4) is 0 Å². The highest BCUT2D eigenvalue weighted by atomic mass is 16.5. The molecule has 1 saturated carbocycles. The van der Waals surface area contributed by atoms with Crippen LogP contribution in [-0.2, 0) is 10.3 Å². The van der Waals surface area contributed by atoms with Crippen LogP contribution >= 0.6 is 0 Å². The SMILES string of the molecule is COc1ccccc1C(C)(N)C1CCOC2(CCCC2)C1. The highest BCUT2D eigenvalue weighted by molar-refractivity contribution is 5.39. The Bertz CT molecular complexity index is 492. The minimum absolute atomic E-state index is 0.103. The summed E-state index contributed by atoms with van der Waals surface area (Å²) in [5.74, 6) is 1.34. The molecule has 0 radical (unpaired) electrons. The third-order valence-electron chi connectivity index (χ3n) is 5.54. The standard InChI is InChI=1S/C18H27NO2/c1-17(19,15-7-3-4-8-16(15)20-2)14-9-12-21-18(13-14)10-5-6-11-18/h3-4,7-8,14H,5-6,9-13,19H2,1-2H3. The summed E-state index contributed by atoms with van der Waals surface area (Å²) in [6, 6.07) is 8.16. The van der Waals surface area contributed by atoms with Crippen molar-refractivity contribution < 1.29 is 9.47 Å². The van der Waals surface area contributed by atoms with Crippen molar-refractivity contribution in [2.45, 2.75) is 56.6 Å². The average Bonchev–Trinajstić information content (AvgIpc) is 2.95. The number of ether oxygens (including phenoxy) is 2. The lowest BCUT2D eigenvalue weighted by Crippen LogP contribution is -2.49. The first-order chi connectivity index (χ1) is 10.1. The molecule has 0 bridgehead atoms. The molecule has 0 aromatic heterocycles. The summed E-state index contributed by atoms with van der Waals surface area (Å²) < 4.78 is 11.7. The van der Waals surface area contributed by atoms with E-state index in [1.54, 1.807) is 7.11 Å². The molecule has 1 heterocycles. The summed E-state index contributed by atoms with van der Waals surface area (Å²) in [4.78, 5) is 0. The van der Waals surface area contributed by atoms with Gasteiger partial charge in [0, 0.05) is 17.7 Å². The van der Waals surface area contributed by atoms with Gasteiger partial charge in [-0.05, 0) is 44.6 Å². The van der Waals surface area contributed by atoms with Gasteiger partial charge in [-0.25, -0.2) is 0 Å². The lowest BCUT2D eigenvalue weighted by molar-refractivity contribution is -0.104. The van der Waals surface area contributed by atoms with Crippen LogP contribution in [0.15, 0.2) is 24.3 Å². The van der Waals surface area contributed by atoms with E-state index in [2.05, 4.69) is 13.0 Å². The molecule has 1 aromatic rings. The maximum Gasteiger partial charge on any atom is 0.123 e. The van der Waals surface area contributed by atoms with Crippen molar-refractivity contribution in [1.82, 2.24) is 0 Å². The van der Waals surface area contributed by atoms with Gasteiger partial charge in [-0.3, -0.25) is 0 Å². The number of para-hydroxylation sites is 1. The summed E-state index contributed by atoms with van der Waals surface area (Å²) in [7, 11) is 1.72. The molecule has 3 heteroatoms. The molecular formula is C18H27NO2. The van der Waals surface area contributed by atoms with E-state index in [1.165, 1.54) is 25.7 Å². The van der Waals surface area contributed by atoms with Crippen LogP contribution in [0.2, 0.25) is 0 Å². The van der Waals surface area contributed by atoms with E-state index in [-0.39, 0.29) is 11.1 Å². The number of hydrogen-bond donors (Lipinski definition) is 1. The predicted molar refractivity (Wildman–Crippen MR) is 84.4 cm³/mol. The fourth-order valence-corrected chi connectivity index (χ4v) is 4.22. The monoisotopic (exact) mass is 289 g/mol. The Hall–Kier alpha value is -1.06. The summed E-state index contributed by atoms with van der Waals surface area (Å²) in [5.41, 5.74) is 7.66. The summed E-state index contributed by atoms with van der Waals surface area (Å²) >= 11 is 0. The number of nitrogens with two attached hydrogens (primary N) is 1. The van der Waals surface area contributed by atoms with Crippen molar-refractivity contribution in [1.29, 1.82) is 0 Å². The van der Waals surface area contributed by atoms with Crippen molar-refractivity contribution in [2.75, 3.05) is 13.7 Å². The molecule has 2 fully saturated rings. The molecule has 2 atom stereocenters. The summed E-state index contributed by atoms with van der Waals surface area (Å²) in [6.07, 6.45) is 7.10. The van der Waals surface area contributed by atoms with Gasteiger partial charge in [0.15, 0.2) is 0 Å². The minimum atomic E-state index is -0.369. The van der Waals surface area contributed by atoms with E-state index in [4.69, 9.17) is 15.2 Å². The molecule has 1 spiro atoms. The molecule has 1 aliphatic heterocycles. The fraction of sp³-hybridized carbons (Fsp3) is 0.667. The minimum Gasteiger partial charge on any atom is -0.496 e. The molecule has 116 valence electrons. The largest absolute Gasteiger partial charge is 0.496 e. The highest BCUT2D eigenvalue weighted by Crippen LogP contribution is 2.47. The zero-order valence-corrected chi connectivity index (χ0v) is 13.2. The highest BCUT2D eigenvalue weighted by Gasteiger charge is 2.45. The molecule has 2 N–H and O–H groups in total. The predicted octanol–water partition coefficient (Wildman–Crippen LogP) is 3.61. The topological polar surface area (TPSA) is 44.5 Å². The van der Waals surface area contributed by atoms with Crippen LogP contribution in [0.5, 0.6) is 5.75 Å². The van der Waals surface area contributed by atoms with Crippen LogP contribution in [0, 0.1) is 5.92 Å². The first-order valence-electron chi connectivity index (χ1n) is 8.14. The molecule has 2 unspecified atom stereocenters. The molecule has 2 aliphatic rings. The molecular weight excluding hydrogens is 262 g/mol. The number of methoxy groups -OCH3 is 1. The zero-order chi connectivity index (χ0) is 14.9. The van der Waals surface area contributed by atoms with Crippen molar-refractivity contribution >= 4 is 0 Å². The third-order valence-corrected chi connectivity index (χ3v) is 5.54. The quantitative estimate of drug-likeness (QED) is 0.924. The Morgan fingerprint density at radius 3 is 2.71 bits per heavy atom. The maximum absolute atomic E-state index is 6.80. The van der Waals surface area contributed by atoms with E-state index in [9.17, 15) is 0 Å². The van der Waals surface area contributed by atoms with Gasteiger partial charge in [-0.15, -0.1) is 0 Å². The number of benzene rings is 1. The van der Waals surface area contributed by atoms with Crippen LogP contribution in [-0.4, -0.2) is 19.3 Å². The lowest BCUT2D eigenvalue weighted by atomic mass is 9.71. The molecule has 0 amide bonds. The van der Waals surface area contributed by atoms with Crippen molar-refractivity contribution in [3.63, 3.8) is 0 Å². The smallest absolute Gasteiger partial charge is 0.123 e. The Morgan fingerprint density at radius 2 is 2.00 bits per heavy atom. The zero-order valence-electron chi connectivity index (χ0n) is 13.2. The van der Waals surface area contributed by atoms with Gasteiger partial charge in [0.1, 0.15) is 5.75 Å². The number of rotatable bonds is 3. The second-order valence-corrected chi connectivity index (χ2v) is 6.91. The van der Waals surface area contributed by atoms with Crippen LogP contribution in [0.4, 0.5) is 0 Å². The van der Waals surface area contributed by atoms with Crippen molar-refractivity contribution in [3.05, 3.63) is 29.8 Å². The van der Waals surface area contributed by atoms with E-state index >= 15 is 0 Å². The van der Waals surface area contributed by atoms with Gasteiger partial charge in [-0.1, -0.05) is 31.0 Å². The average molecular weight is 289 g/mol. The Balaban J connectivity index is 1.86. The number of hydrogen-bond acceptors (Lipinski definition) is 3. The summed E-state index contributed by atoms with van der Waals surface area (Å²) in [6.45, 7) is 3.00. The molecule has 3 nitrogen and oxygen atoms in total. The van der Waals surface area contributed by atoms with E-state index in [1.807, 2.05) is 18.2 Å². The summed E-state index contributed by atoms with van der Waals surface area (Å²) in [5, 5.41) is 0. The normalized spacial score (nSPS) is 27.5.